The second-order valence-electron chi connectivity index (χ2n) is 5.18. The largest absolute Gasteiger partial charge is 0.481 e. The van der Waals surface area contributed by atoms with Crippen molar-refractivity contribution in [1.29, 1.82) is 0 Å². The van der Waals surface area contributed by atoms with E-state index >= 15 is 0 Å². The summed E-state index contributed by atoms with van der Waals surface area (Å²) in [5.41, 5.74) is 1.86. The van der Waals surface area contributed by atoms with Crippen LogP contribution in [0.25, 0.3) is 0 Å². The highest BCUT2D eigenvalue weighted by atomic mass is 19.1. The summed E-state index contributed by atoms with van der Waals surface area (Å²) >= 11 is 0. The first kappa shape index (κ1) is 16.0. The van der Waals surface area contributed by atoms with E-state index in [-0.39, 0.29) is 18.3 Å². The summed E-state index contributed by atoms with van der Waals surface area (Å²) in [6, 6.07) is 13.7. The Hall–Kier alpha value is -2.36. The molecule has 0 bridgehead atoms. The van der Waals surface area contributed by atoms with Gasteiger partial charge in [-0.2, -0.15) is 0 Å². The molecule has 2 rings (SSSR count). The maximum Gasteiger partial charge on any atom is 0.261 e. The van der Waals surface area contributed by atoms with Gasteiger partial charge in [-0.15, -0.1) is 0 Å². The van der Waals surface area contributed by atoms with Gasteiger partial charge >= 0.3 is 0 Å². The summed E-state index contributed by atoms with van der Waals surface area (Å²) in [7, 11) is 0. The molecule has 2 aromatic carbocycles. The predicted octanol–water partition coefficient (Wildman–Crippen LogP) is 3.61. The van der Waals surface area contributed by atoms with Gasteiger partial charge in [-0.25, -0.2) is 4.39 Å². The normalized spacial score (nSPS) is 11.8. The molecule has 1 amide bonds. The van der Waals surface area contributed by atoms with Crippen molar-refractivity contribution in [1.82, 2.24) is 5.32 Å². The van der Waals surface area contributed by atoms with Crippen molar-refractivity contribution in [2.45, 2.75) is 32.9 Å². The van der Waals surface area contributed by atoms with Crippen LogP contribution in [-0.2, 0) is 11.3 Å². The molecule has 0 saturated heterocycles. The predicted molar refractivity (Wildman–Crippen MR) is 84.1 cm³/mol. The van der Waals surface area contributed by atoms with Gasteiger partial charge in [0.2, 0.25) is 0 Å². The summed E-state index contributed by atoms with van der Waals surface area (Å²) in [4.78, 5) is 12.2. The summed E-state index contributed by atoms with van der Waals surface area (Å²) < 4.78 is 18.8. The van der Waals surface area contributed by atoms with E-state index in [1.807, 2.05) is 38.1 Å². The first-order valence-corrected chi connectivity index (χ1v) is 7.34. The fraction of sp³-hybridized carbons (Fsp3) is 0.278. The summed E-state index contributed by atoms with van der Waals surface area (Å²) in [6.07, 6.45) is -0.000620. The van der Waals surface area contributed by atoms with Gasteiger partial charge in [-0.1, -0.05) is 36.8 Å². The van der Waals surface area contributed by atoms with E-state index in [2.05, 4.69) is 5.32 Å². The molecule has 116 valence electrons. The molecule has 4 heteroatoms. The van der Waals surface area contributed by atoms with Gasteiger partial charge < -0.3 is 10.1 Å². The van der Waals surface area contributed by atoms with E-state index in [1.165, 1.54) is 12.1 Å². The maximum atomic E-state index is 13.1. The molecule has 0 radical (unpaired) electrons. The minimum absolute atomic E-state index is 0.202. The Labute approximate surface area is 130 Å². The second-order valence-corrected chi connectivity index (χ2v) is 5.18. The van der Waals surface area contributed by atoms with Crippen LogP contribution >= 0.6 is 0 Å². The molecule has 3 nitrogen and oxygen atoms in total. The number of aryl methyl sites for hydroxylation is 1. The Morgan fingerprint density at radius 2 is 1.95 bits per heavy atom. The van der Waals surface area contributed by atoms with Gasteiger partial charge in [0, 0.05) is 6.54 Å². The monoisotopic (exact) mass is 301 g/mol. The molecule has 0 aromatic heterocycles. The van der Waals surface area contributed by atoms with Gasteiger partial charge in [-0.3, -0.25) is 4.79 Å². The Bertz CT molecular complexity index is 625. The van der Waals surface area contributed by atoms with Crippen molar-refractivity contribution in [2.75, 3.05) is 0 Å². The minimum atomic E-state index is -0.559. The molecule has 0 aliphatic rings. The Morgan fingerprint density at radius 1 is 1.23 bits per heavy atom. The molecule has 1 atom stereocenters. The molecular formula is C18H20FNO2. The van der Waals surface area contributed by atoms with Crippen molar-refractivity contribution in [2.24, 2.45) is 0 Å². The molecule has 1 unspecified atom stereocenters. The van der Waals surface area contributed by atoms with E-state index in [0.717, 1.165) is 11.1 Å². The van der Waals surface area contributed by atoms with Crippen molar-refractivity contribution >= 4 is 5.91 Å². The molecule has 0 fully saturated rings. The number of hydrogen-bond donors (Lipinski definition) is 1. The standard InChI is InChI=1S/C18H20FNO2/c1-3-17(22-16-9-7-13(2)8-10-16)18(21)20-12-14-5-4-6-15(19)11-14/h4-11,17H,3,12H2,1-2H3,(H,20,21). The average Bonchev–Trinajstić information content (AvgIpc) is 2.52. The van der Waals surface area contributed by atoms with Crippen molar-refractivity contribution in [3.05, 3.63) is 65.5 Å². The Kier molecular flexibility index (Phi) is 5.53. The number of amides is 1. The Balaban J connectivity index is 1.92. The third-order valence-electron chi connectivity index (χ3n) is 3.32. The lowest BCUT2D eigenvalue weighted by Crippen LogP contribution is -2.37. The molecule has 0 aliphatic heterocycles. The molecule has 0 saturated carbocycles. The number of hydrogen-bond acceptors (Lipinski definition) is 2. The van der Waals surface area contributed by atoms with Crippen LogP contribution in [0.1, 0.15) is 24.5 Å². The first-order chi connectivity index (χ1) is 10.6. The lowest BCUT2D eigenvalue weighted by molar-refractivity contribution is -0.128. The Morgan fingerprint density at radius 3 is 2.59 bits per heavy atom. The van der Waals surface area contributed by atoms with Crippen molar-refractivity contribution < 1.29 is 13.9 Å². The van der Waals surface area contributed by atoms with Crippen LogP contribution in [0.4, 0.5) is 4.39 Å². The zero-order valence-corrected chi connectivity index (χ0v) is 12.8. The molecule has 0 heterocycles. The van der Waals surface area contributed by atoms with Gasteiger partial charge in [0.25, 0.3) is 5.91 Å². The van der Waals surface area contributed by atoms with Crippen LogP contribution in [0.3, 0.4) is 0 Å². The summed E-state index contributed by atoms with van der Waals surface area (Å²) in [5, 5.41) is 2.78. The fourth-order valence-corrected chi connectivity index (χ4v) is 2.05. The van der Waals surface area contributed by atoms with E-state index in [1.54, 1.807) is 12.1 Å². The molecule has 22 heavy (non-hydrogen) atoms. The highest BCUT2D eigenvalue weighted by molar-refractivity contribution is 5.81. The first-order valence-electron chi connectivity index (χ1n) is 7.34. The van der Waals surface area contributed by atoms with E-state index in [9.17, 15) is 9.18 Å². The fourth-order valence-electron chi connectivity index (χ4n) is 2.05. The number of carbonyl (C=O) groups excluding carboxylic acids is 1. The van der Waals surface area contributed by atoms with Gasteiger partial charge in [0.1, 0.15) is 11.6 Å². The smallest absolute Gasteiger partial charge is 0.261 e. The number of benzene rings is 2. The number of ether oxygens (including phenoxy) is 1. The molecule has 0 aliphatic carbocycles. The quantitative estimate of drug-likeness (QED) is 0.885. The topological polar surface area (TPSA) is 38.3 Å². The minimum Gasteiger partial charge on any atom is -0.481 e. The van der Waals surface area contributed by atoms with Gasteiger partial charge in [0.05, 0.1) is 0 Å². The third-order valence-corrected chi connectivity index (χ3v) is 3.32. The highest BCUT2D eigenvalue weighted by Crippen LogP contribution is 2.15. The molecular weight excluding hydrogens is 281 g/mol. The zero-order chi connectivity index (χ0) is 15.9. The van der Waals surface area contributed by atoms with Crippen LogP contribution in [0.5, 0.6) is 5.75 Å². The molecule has 2 aromatic rings. The zero-order valence-electron chi connectivity index (χ0n) is 12.8. The van der Waals surface area contributed by atoms with E-state index in [0.29, 0.717) is 12.2 Å². The SMILES string of the molecule is CCC(Oc1ccc(C)cc1)C(=O)NCc1cccc(F)c1. The summed E-state index contributed by atoms with van der Waals surface area (Å²) in [5.74, 6) is 0.153. The number of carbonyl (C=O) groups is 1. The van der Waals surface area contributed by atoms with Crippen LogP contribution in [0.15, 0.2) is 48.5 Å². The second kappa shape index (κ2) is 7.59. The lowest BCUT2D eigenvalue weighted by atomic mass is 10.2. The van der Waals surface area contributed by atoms with Crippen molar-refractivity contribution in [3.63, 3.8) is 0 Å². The van der Waals surface area contributed by atoms with E-state index in [4.69, 9.17) is 4.74 Å². The molecule has 0 spiro atoms. The van der Waals surface area contributed by atoms with Crippen LogP contribution in [0.2, 0.25) is 0 Å². The average molecular weight is 301 g/mol. The van der Waals surface area contributed by atoms with Gasteiger partial charge in [0.15, 0.2) is 6.10 Å². The maximum absolute atomic E-state index is 13.1. The number of rotatable bonds is 6. The van der Waals surface area contributed by atoms with E-state index < -0.39 is 6.10 Å². The van der Waals surface area contributed by atoms with Crippen molar-refractivity contribution in [3.8, 4) is 5.75 Å². The third kappa shape index (κ3) is 4.58. The number of halogens is 1. The van der Waals surface area contributed by atoms with Gasteiger partial charge in [-0.05, 0) is 43.2 Å². The van der Waals surface area contributed by atoms with Crippen LogP contribution < -0.4 is 10.1 Å². The number of nitrogens with one attached hydrogen (secondary N) is 1. The van der Waals surface area contributed by atoms with Crippen LogP contribution in [0, 0.1) is 12.7 Å². The lowest BCUT2D eigenvalue weighted by Gasteiger charge is -2.17. The van der Waals surface area contributed by atoms with Crippen LogP contribution in [-0.4, -0.2) is 12.0 Å². The molecule has 1 N–H and O–H groups in total. The summed E-state index contributed by atoms with van der Waals surface area (Å²) in [6.45, 7) is 4.16. The highest BCUT2D eigenvalue weighted by Gasteiger charge is 2.17.